The summed E-state index contributed by atoms with van der Waals surface area (Å²) < 4.78 is 0. The number of thiophene rings is 1. The minimum Gasteiger partial charge on any atom is -0.508 e. The Labute approximate surface area is 98.4 Å². The van der Waals surface area contributed by atoms with Crippen LogP contribution in [0.4, 0.5) is 0 Å². The van der Waals surface area contributed by atoms with Crippen molar-refractivity contribution in [2.45, 2.75) is 18.4 Å². The van der Waals surface area contributed by atoms with E-state index in [0.29, 0.717) is 17.7 Å². The third-order valence-corrected chi connectivity index (χ3v) is 4.23. The van der Waals surface area contributed by atoms with Crippen LogP contribution in [-0.2, 0) is 0 Å². The van der Waals surface area contributed by atoms with Gasteiger partial charge in [-0.25, -0.2) is 0 Å². The van der Waals surface area contributed by atoms with Gasteiger partial charge in [0.15, 0.2) is 0 Å². The predicted molar refractivity (Wildman–Crippen MR) is 66.8 cm³/mol. The summed E-state index contributed by atoms with van der Waals surface area (Å²) in [7, 11) is 0. The van der Waals surface area contributed by atoms with Crippen LogP contribution < -0.4 is 5.73 Å². The van der Waals surface area contributed by atoms with Gasteiger partial charge in [-0.2, -0.15) is 0 Å². The third-order valence-electron chi connectivity index (χ3n) is 2.96. The second-order valence-corrected chi connectivity index (χ2v) is 5.37. The van der Waals surface area contributed by atoms with E-state index in [4.69, 9.17) is 5.73 Å². The first kappa shape index (κ1) is 9.87. The summed E-state index contributed by atoms with van der Waals surface area (Å²) >= 11 is 1.78. The summed E-state index contributed by atoms with van der Waals surface area (Å²) in [5.41, 5.74) is 6.91. The highest BCUT2D eigenvalue weighted by Crippen LogP contribution is 2.44. The maximum Gasteiger partial charge on any atom is 0.116 e. The van der Waals surface area contributed by atoms with Crippen molar-refractivity contribution in [2.75, 3.05) is 0 Å². The largest absolute Gasteiger partial charge is 0.508 e. The third kappa shape index (κ3) is 1.72. The van der Waals surface area contributed by atoms with E-state index >= 15 is 0 Å². The van der Waals surface area contributed by atoms with Crippen molar-refractivity contribution < 1.29 is 5.11 Å². The van der Waals surface area contributed by atoms with E-state index in [-0.39, 0.29) is 0 Å². The molecule has 0 aliphatic heterocycles. The van der Waals surface area contributed by atoms with Crippen molar-refractivity contribution in [3.63, 3.8) is 0 Å². The minimum atomic E-state index is 0.315. The lowest BCUT2D eigenvalue weighted by molar-refractivity contribution is 0.475. The van der Waals surface area contributed by atoms with Gasteiger partial charge >= 0.3 is 0 Å². The maximum absolute atomic E-state index is 9.43. The summed E-state index contributed by atoms with van der Waals surface area (Å²) in [4.78, 5) is 2.57. The molecule has 1 aromatic heterocycles. The molecule has 1 aromatic carbocycles. The van der Waals surface area contributed by atoms with Gasteiger partial charge in [0.2, 0.25) is 0 Å². The van der Waals surface area contributed by atoms with Crippen LogP contribution in [-0.4, -0.2) is 11.1 Å². The van der Waals surface area contributed by atoms with E-state index in [1.807, 2.05) is 12.1 Å². The average Bonchev–Trinajstić information content (AvgIpc) is 2.81. The fourth-order valence-corrected chi connectivity index (χ4v) is 3.10. The molecule has 0 spiro atoms. The van der Waals surface area contributed by atoms with Crippen LogP contribution in [0, 0.1) is 0 Å². The Hall–Kier alpha value is -1.32. The Balaban J connectivity index is 1.92. The Kier molecular flexibility index (Phi) is 2.23. The van der Waals surface area contributed by atoms with E-state index in [1.165, 1.54) is 9.75 Å². The lowest BCUT2D eigenvalue weighted by Gasteiger charge is -1.97. The lowest BCUT2D eigenvalue weighted by atomic mass is 10.2. The SMILES string of the molecule is N[C@H]1C[C@H]1c1ccc(-c2cccc(O)c2)s1. The Morgan fingerprint density at radius 3 is 2.75 bits per heavy atom. The zero-order chi connectivity index (χ0) is 11.1. The van der Waals surface area contributed by atoms with Crippen molar-refractivity contribution in [1.29, 1.82) is 0 Å². The molecule has 0 bridgehead atoms. The van der Waals surface area contributed by atoms with Gasteiger partial charge in [0.1, 0.15) is 5.75 Å². The zero-order valence-corrected chi connectivity index (χ0v) is 9.58. The molecular formula is C13H13NOS. The summed E-state index contributed by atoms with van der Waals surface area (Å²) in [5.74, 6) is 0.881. The molecule has 0 amide bonds. The summed E-state index contributed by atoms with van der Waals surface area (Å²) in [6, 6.07) is 12.0. The summed E-state index contributed by atoms with van der Waals surface area (Å²) in [6.07, 6.45) is 1.11. The van der Waals surface area contributed by atoms with Crippen molar-refractivity contribution >= 4 is 11.3 Å². The van der Waals surface area contributed by atoms with Gasteiger partial charge in [0.25, 0.3) is 0 Å². The molecule has 2 aromatic rings. The number of hydrogen-bond donors (Lipinski definition) is 2. The van der Waals surface area contributed by atoms with Crippen LogP contribution in [0.5, 0.6) is 5.75 Å². The van der Waals surface area contributed by atoms with Gasteiger partial charge < -0.3 is 10.8 Å². The standard InChI is InChI=1S/C13H13NOS/c14-11-7-10(11)13-5-4-12(16-13)8-2-1-3-9(15)6-8/h1-6,10-11,15H,7,14H2/t10-,11+/m1/s1. The number of benzene rings is 1. The van der Waals surface area contributed by atoms with E-state index in [1.54, 1.807) is 23.5 Å². The molecule has 0 unspecified atom stereocenters. The van der Waals surface area contributed by atoms with Crippen LogP contribution in [0.25, 0.3) is 10.4 Å². The van der Waals surface area contributed by atoms with Crippen LogP contribution >= 0.6 is 11.3 Å². The molecule has 16 heavy (non-hydrogen) atoms. The van der Waals surface area contributed by atoms with Gasteiger partial charge in [0, 0.05) is 21.7 Å². The van der Waals surface area contributed by atoms with Crippen LogP contribution in [0.1, 0.15) is 17.2 Å². The highest BCUT2D eigenvalue weighted by Gasteiger charge is 2.35. The topological polar surface area (TPSA) is 46.2 Å². The van der Waals surface area contributed by atoms with Gasteiger partial charge in [-0.1, -0.05) is 12.1 Å². The Bertz CT molecular complexity index is 520. The molecule has 1 saturated carbocycles. The fraction of sp³-hybridized carbons (Fsp3) is 0.231. The first-order chi connectivity index (χ1) is 7.74. The van der Waals surface area contributed by atoms with Crippen LogP contribution in [0.15, 0.2) is 36.4 Å². The van der Waals surface area contributed by atoms with Crippen LogP contribution in [0.2, 0.25) is 0 Å². The molecule has 3 rings (SSSR count). The molecule has 2 nitrogen and oxygen atoms in total. The average molecular weight is 231 g/mol. The second kappa shape index (κ2) is 3.61. The van der Waals surface area contributed by atoms with E-state index in [2.05, 4.69) is 12.1 Å². The van der Waals surface area contributed by atoms with Crippen LogP contribution in [0.3, 0.4) is 0 Å². The molecule has 1 fully saturated rings. The lowest BCUT2D eigenvalue weighted by Crippen LogP contribution is -1.99. The number of aromatic hydroxyl groups is 1. The predicted octanol–water partition coefficient (Wildman–Crippen LogP) is 2.94. The molecule has 3 N–H and O–H groups in total. The van der Waals surface area contributed by atoms with Gasteiger partial charge in [-0.05, 0) is 36.2 Å². The maximum atomic E-state index is 9.43. The quantitative estimate of drug-likeness (QED) is 0.834. The van der Waals surface area contributed by atoms with E-state index < -0.39 is 0 Å². The highest BCUT2D eigenvalue weighted by molar-refractivity contribution is 7.15. The number of phenols is 1. The monoisotopic (exact) mass is 231 g/mol. The molecule has 82 valence electrons. The molecule has 0 radical (unpaired) electrons. The molecule has 1 heterocycles. The number of hydrogen-bond acceptors (Lipinski definition) is 3. The molecule has 2 atom stereocenters. The van der Waals surface area contributed by atoms with Gasteiger partial charge in [0.05, 0.1) is 0 Å². The Morgan fingerprint density at radius 1 is 1.25 bits per heavy atom. The molecular weight excluding hydrogens is 218 g/mol. The first-order valence-corrected chi connectivity index (χ1v) is 6.20. The molecule has 3 heteroatoms. The van der Waals surface area contributed by atoms with Crippen molar-refractivity contribution in [3.8, 4) is 16.2 Å². The first-order valence-electron chi connectivity index (χ1n) is 5.39. The second-order valence-electron chi connectivity index (χ2n) is 4.26. The molecule has 0 saturated heterocycles. The number of rotatable bonds is 2. The van der Waals surface area contributed by atoms with Gasteiger partial charge in [-0.15, -0.1) is 11.3 Å². The van der Waals surface area contributed by atoms with Crippen molar-refractivity contribution in [1.82, 2.24) is 0 Å². The number of phenolic OH excluding ortho intramolecular Hbond substituents is 1. The molecule has 1 aliphatic carbocycles. The number of nitrogens with two attached hydrogens (primary N) is 1. The zero-order valence-electron chi connectivity index (χ0n) is 8.76. The van der Waals surface area contributed by atoms with Gasteiger partial charge in [-0.3, -0.25) is 0 Å². The smallest absolute Gasteiger partial charge is 0.116 e. The Morgan fingerprint density at radius 2 is 2.06 bits per heavy atom. The van der Waals surface area contributed by atoms with Crippen molar-refractivity contribution in [2.24, 2.45) is 5.73 Å². The summed E-state index contributed by atoms with van der Waals surface area (Å²) in [6.45, 7) is 0. The summed E-state index contributed by atoms with van der Waals surface area (Å²) in [5, 5.41) is 9.43. The van der Waals surface area contributed by atoms with Crippen molar-refractivity contribution in [3.05, 3.63) is 41.3 Å². The normalized spacial score (nSPS) is 23.3. The fourth-order valence-electron chi connectivity index (χ4n) is 1.91. The molecule has 1 aliphatic rings. The van der Waals surface area contributed by atoms with E-state index in [9.17, 15) is 5.11 Å². The van der Waals surface area contributed by atoms with E-state index in [0.717, 1.165) is 12.0 Å². The minimum absolute atomic E-state index is 0.315. The highest BCUT2D eigenvalue weighted by atomic mass is 32.1.